The molecule has 1 aliphatic heterocycles. The van der Waals surface area contributed by atoms with E-state index in [1.807, 2.05) is 12.1 Å². The maximum Gasteiger partial charge on any atom is 0.194 e. The first kappa shape index (κ1) is 26.8. The molecule has 2 N–H and O–H groups in total. The molecule has 30 heavy (non-hydrogen) atoms. The van der Waals surface area contributed by atoms with Crippen molar-refractivity contribution in [2.45, 2.75) is 33.3 Å². The lowest BCUT2D eigenvalue weighted by molar-refractivity contribution is 0.185. The van der Waals surface area contributed by atoms with Crippen LogP contribution in [-0.2, 0) is 0 Å². The van der Waals surface area contributed by atoms with E-state index in [0.717, 1.165) is 50.8 Å². The van der Waals surface area contributed by atoms with Crippen LogP contribution in [0.25, 0.3) is 0 Å². The Labute approximate surface area is 198 Å². The average Bonchev–Trinajstić information content (AvgIpc) is 3.22. The summed E-state index contributed by atoms with van der Waals surface area (Å²) >= 11 is 0. The number of benzene rings is 1. The standard InChI is InChI=1S/C22H38N4O3.HI/c1-6-23-22(26-10-9-17(16-26)15-25(7-2)8-3)24-14-21(27)18-11-19(28-4)13-20(12-18)29-5;/h11-13,17,21,27H,6-10,14-16H2,1-5H3,(H,23,24);1H. The number of ether oxygens (including phenoxy) is 2. The van der Waals surface area contributed by atoms with Gasteiger partial charge < -0.3 is 29.7 Å². The number of hydrogen-bond donors (Lipinski definition) is 2. The highest BCUT2D eigenvalue weighted by Crippen LogP contribution is 2.26. The van der Waals surface area contributed by atoms with Gasteiger partial charge in [-0.05, 0) is 50.0 Å². The monoisotopic (exact) mass is 534 g/mol. The zero-order valence-electron chi connectivity index (χ0n) is 19.1. The van der Waals surface area contributed by atoms with Crippen LogP contribution in [0.1, 0.15) is 38.9 Å². The first-order valence-corrected chi connectivity index (χ1v) is 10.7. The van der Waals surface area contributed by atoms with Crippen LogP contribution in [0.5, 0.6) is 11.5 Å². The van der Waals surface area contributed by atoms with Crippen molar-refractivity contribution < 1.29 is 14.6 Å². The molecule has 0 spiro atoms. The first-order chi connectivity index (χ1) is 14.0. The van der Waals surface area contributed by atoms with Gasteiger partial charge in [-0.3, -0.25) is 4.99 Å². The summed E-state index contributed by atoms with van der Waals surface area (Å²) in [6.45, 7) is 12.9. The Morgan fingerprint density at radius 2 is 1.83 bits per heavy atom. The normalized spacial score (nSPS) is 17.6. The summed E-state index contributed by atoms with van der Waals surface area (Å²) in [7, 11) is 3.21. The number of hydrogen-bond acceptors (Lipinski definition) is 5. The van der Waals surface area contributed by atoms with Crippen LogP contribution in [0.3, 0.4) is 0 Å². The maximum absolute atomic E-state index is 10.7. The van der Waals surface area contributed by atoms with Crippen LogP contribution in [0.2, 0.25) is 0 Å². The molecular weight excluding hydrogens is 495 g/mol. The van der Waals surface area contributed by atoms with Crippen LogP contribution in [0, 0.1) is 5.92 Å². The minimum atomic E-state index is -0.721. The Kier molecular flexibility index (Phi) is 12.4. The fourth-order valence-electron chi connectivity index (χ4n) is 3.75. The van der Waals surface area contributed by atoms with Gasteiger partial charge >= 0.3 is 0 Å². The number of aliphatic hydroxyl groups is 1. The maximum atomic E-state index is 10.7. The van der Waals surface area contributed by atoms with Gasteiger partial charge in [0.2, 0.25) is 0 Å². The number of nitrogens with zero attached hydrogens (tertiary/aromatic N) is 3. The second-order valence-electron chi connectivity index (χ2n) is 7.44. The lowest BCUT2D eigenvalue weighted by atomic mass is 10.1. The highest BCUT2D eigenvalue weighted by molar-refractivity contribution is 14.0. The predicted molar refractivity (Wildman–Crippen MR) is 133 cm³/mol. The van der Waals surface area contributed by atoms with Gasteiger partial charge in [-0.25, -0.2) is 0 Å². The van der Waals surface area contributed by atoms with Crippen molar-refractivity contribution in [3.05, 3.63) is 23.8 Å². The number of halogens is 1. The molecule has 1 aromatic rings. The summed E-state index contributed by atoms with van der Waals surface area (Å²) in [6.07, 6.45) is 0.457. The van der Waals surface area contributed by atoms with Crippen LogP contribution in [-0.4, -0.2) is 80.9 Å². The SMILES string of the molecule is CCNC(=NCC(O)c1cc(OC)cc(OC)c1)N1CCC(CN(CC)CC)C1.I. The Morgan fingerprint density at radius 1 is 1.20 bits per heavy atom. The van der Waals surface area contributed by atoms with Crippen molar-refractivity contribution in [1.82, 2.24) is 15.1 Å². The molecule has 172 valence electrons. The number of guanidine groups is 1. The molecule has 0 bridgehead atoms. The summed E-state index contributed by atoms with van der Waals surface area (Å²) in [4.78, 5) is 9.52. The van der Waals surface area contributed by atoms with Gasteiger partial charge in [-0.2, -0.15) is 0 Å². The Hall–Kier alpha value is -1.26. The van der Waals surface area contributed by atoms with E-state index in [1.165, 1.54) is 6.42 Å². The second-order valence-corrected chi connectivity index (χ2v) is 7.44. The van der Waals surface area contributed by atoms with Crippen molar-refractivity contribution >= 4 is 29.9 Å². The quantitative estimate of drug-likeness (QED) is 0.274. The topological polar surface area (TPSA) is 69.6 Å². The lowest BCUT2D eigenvalue weighted by Crippen LogP contribution is -2.41. The van der Waals surface area contributed by atoms with Crippen LogP contribution in [0.4, 0.5) is 0 Å². The smallest absolute Gasteiger partial charge is 0.194 e. The molecule has 0 aliphatic carbocycles. The largest absolute Gasteiger partial charge is 0.497 e. The van der Waals surface area contributed by atoms with E-state index in [2.05, 4.69) is 35.9 Å². The van der Waals surface area contributed by atoms with E-state index in [4.69, 9.17) is 14.5 Å². The lowest BCUT2D eigenvalue weighted by Gasteiger charge is -2.24. The van der Waals surface area contributed by atoms with Gasteiger partial charge in [0.25, 0.3) is 0 Å². The summed E-state index contributed by atoms with van der Waals surface area (Å²) in [5.41, 5.74) is 0.738. The molecule has 1 saturated heterocycles. The third-order valence-corrected chi connectivity index (χ3v) is 5.50. The van der Waals surface area contributed by atoms with Crippen molar-refractivity contribution in [3.8, 4) is 11.5 Å². The third-order valence-electron chi connectivity index (χ3n) is 5.50. The fraction of sp³-hybridized carbons (Fsp3) is 0.682. The Balaban J connectivity index is 0.00000450. The van der Waals surface area contributed by atoms with E-state index in [0.29, 0.717) is 17.4 Å². The number of aliphatic hydroxyl groups excluding tert-OH is 1. The molecule has 0 aromatic heterocycles. The zero-order valence-corrected chi connectivity index (χ0v) is 21.4. The molecule has 2 atom stereocenters. The van der Waals surface area contributed by atoms with Crippen LogP contribution >= 0.6 is 24.0 Å². The van der Waals surface area contributed by atoms with Crippen molar-refractivity contribution in [1.29, 1.82) is 0 Å². The molecule has 2 unspecified atom stereocenters. The van der Waals surface area contributed by atoms with Crippen molar-refractivity contribution in [2.24, 2.45) is 10.9 Å². The van der Waals surface area contributed by atoms with E-state index in [9.17, 15) is 5.11 Å². The summed E-state index contributed by atoms with van der Waals surface area (Å²) in [5.74, 6) is 2.86. The summed E-state index contributed by atoms with van der Waals surface area (Å²) in [5, 5.41) is 14.1. The minimum Gasteiger partial charge on any atom is -0.497 e. The molecule has 0 saturated carbocycles. The van der Waals surface area contributed by atoms with Crippen molar-refractivity contribution in [3.63, 3.8) is 0 Å². The average molecular weight is 534 g/mol. The molecule has 2 rings (SSSR count). The molecule has 1 aliphatic rings. The van der Waals surface area contributed by atoms with Gasteiger partial charge in [-0.1, -0.05) is 13.8 Å². The van der Waals surface area contributed by atoms with Gasteiger partial charge in [-0.15, -0.1) is 24.0 Å². The second kappa shape index (κ2) is 13.9. The molecule has 1 fully saturated rings. The molecule has 1 heterocycles. The molecular formula is C22H39IN4O3. The van der Waals surface area contributed by atoms with Crippen LogP contribution in [0.15, 0.2) is 23.2 Å². The van der Waals surface area contributed by atoms with Gasteiger partial charge in [0.1, 0.15) is 11.5 Å². The van der Waals surface area contributed by atoms with E-state index < -0.39 is 6.10 Å². The van der Waals surface area contributed by atoms with Gasteiger partial charge in [0.15, 0.2) is 5.96 Å². The minimum absolute atomic E-state index is 0. The highest BCUT2D eigenvalue weighted by atomic mass is 127. The van der Waals surface area contributed by atoms with E-state index in [-0.39, 0.29) is 30.5 Å². The highest BCUT2D eigenvalue weighted by Gasteiger charge is 2.26. The molecule has 0 radical (unpaired) electrons. The first-order valence-electron chi connectivity index (χ1n) is 10.7. The number of methoxy groups -OCH3 is 2. The number of rotatable bonds is 10. The Morgan fingerprint density at radius 3 is 2.37 bits per heavy atom. The van der Waals surface area contributed by atoms with Gasteiger partial charge in [0.05, 0.1) is 26.9 Å². The Bertz CT molecular complexity index is 633. The number of aliphatic imine (C=N–C) groups is 1. The van der Waals surface area contributed by atoms with Gasteiger partial charge in [0, 0.05) is 32.2 Å². The number of nitrogens with one attached hydrogen (secondary N) is 1. The fourth-order valence-corrected chi connectivity index (χ4v) is 3.75. The molecule has 7 nitrogen and oxygen atoms in total. The summed E-state index contributed by atoms with van der Waals surface area (Å²) < 4.78 is 10.6. The number of likely N-dealkylation sites (tertiary alicyclic amines) is 1. The third kappa shape index (κ3) is 7.77. The molecule has 1 aromatic carbocycles. The van der Waals surface area contributed by atoms with E-state index in [1.54, 1.807) is 20.3 Å². The van der Waals surface area contributed by atoms with E-state index >= 15 is 0 Å². The van der Waals surface area contributed by atoms with Crippen molar-refractivity contribution in [2.75, 3.05) is 60.0 Å². The molecule has 0 amide bonds. The zero-order chi connectivity index (χ0) is 21.2. The predicted octanol–water partition coefficient (Wildman–Crippen LogP) is 2.98. The summed E-state index contributed by atoms with van der Waals surface area (Å²) in [6, 6.07) is 5.45. The molecule has 8 heteroatoms. The van der Waals surface area contributed by atoms with Crippen LogP contribution < -0.4 is 14.8 Å².